The second-order valence-electron chi connectivity index (χ2n) is 7.33. The van der Waals surface area contributed by atoms with Gasteiger partial charge in [0.05, 0.1) is 11.1 Å². The quantitative estimate of drug-likeness (QED) is 0.557. The van der Waals surface area contributed by atoms with Gasteiger partial charge in [-0.2, -0.15) is 0 Å². The van der Waals surface area contributed by atoms with Crippen molar-refractivity contribution in [1.29, 1.82) is 0 Å². The van der Waals surface area contributed by atoms with Crippen LogP contribution in [-0.4, -0.2) is 24.3 Å². The maximum atomic E-state index is 14.1. The van der Waals surface area contributed by atoms with Gasteiger partial charge in [-0.3, -0.25) is 9.59 Å². The summed E-state index contributed by atoms with van der Waals surface area (Å²) < 4.78 is 19.2. The Balaban J connectivity index is 1.57. The van der Waals surface area contributed by atoms with Gasteiger partial charge in [0.1, 0.15) is 5.82 Å². The molecule has 3 rings (SSSR count). The zero-order valence-electron chi connectivity index (χ0n) is 16.4. The number of nitrogens with one attached hydrogen (secondary N) is 1. The van der Waals surface area contributed by atoms with Gasteiger partial charge in [-0.25, -0.2) is 9.18 Å². The standard InChI is InChI=1S/C23H24FNO4/c1-15(26)25-19-11-12-20(21(24)13-19)22(27)14-29-23(28)18-9-7-17(8-10-18)16-5-3-2-4-6-16/h7-13,16H,2-6,14H2,1H3,(H,25,26). The second-order valence-corrected chi connectivity index (χ2v) is 7.33. The van der Waals surface area contributed by atoms with Crippen LogP contribution in [0.1, 0.15) is 71.2 Å². The van der Waals surface area contributed by atoms with Crippen LogP contribution < -0.4 is 5.32 Å². The van der Waals surface area contributed by atoms with Gasteiger partial charge >= 0.3 is 5.97 Å². The molecule has 2 aromatic carbocycles. The largest absolute Gasteiger partial charge is 0.454 e. The Morgan fingerprint density at radius 1 is 1.03 bits per heavy atom. The van der Waals surface area contributed by atoms with E-state index in [0.717, 1.165) is 6.07 Å². The first-order valence-corrected chi connectivity index (χ1v) is 9.81. The molecule has 5 nitrogen and oxygen atoms in total. The molecule has 2 aromatic rings. The number of carbonyl (C=O) groups excluding carboxylic acids is 3. The van der Waals surface area contributed by atoms with Gasteiger partial charge in [-0.15, -0.1) is 0 Å². The SMILES string of the molecule is CC(=O)Nc1ccc(C(=O)COC(=O)c2ccc(C3CCCCC3)cc2)c(F)c1. The molecule has 1 saturated carbocycles. The molecular weight excluding hydrogens is 373 g/mol. The first-order valence-electron chi connectivity index (χ1n) is 9.81. The number of esters is 1. The van der Waals surface area contributed by atoms with Gasteiger partial charge in [0.2, 0.25) is 11.7 Å². The topological polar surface area (TPSA) is 72.5 Å². The lowest BCUT2D eigenvalue weighted by Crippen LogP contribution is -2.16. The predicted octanol–water partition coefficient (Wildman–Crippen LogP) is 4.87. The van der Waals surface area contributed by atoms with Crippen molar-refractivity contribution in [1.82, 2.24) is 0 Å². The Bertz CT molecular complexity index is 902. The van der Waals surface area contributed by atoms with Crippen LogP contribution in [0.5, 0.6) is 0 Å². The molecule has 1 aliphatic carbocycles. The third-order valence-corrected chi connectivity index (χ3v) is 5.15. The van der Waals surface area contributed by atoms with Crippen LogP contribution in [0.15, 0.2) is 42.5 Å². The van der Waals surface area contributed by atoms with Crippen molar-refractivity contribution in [2.24, 2.45) is 0 Å². The number of ether oxygens (including phenoxy) is 1. The fraction of sp³-hybridized carbons (Fsp3) is 0.348. The molecule has 6 heteroatoms. The molecule has 152 valence electrons. The van der Waals surface area contributed by atoms with Crippen molar-refractivity contribution in [3.8, 4) is 0 Å². The molecule has 0 aliphatic heterocycles. The molecule has 1 aliphatic rings. The highest BCUT2D eigenvalue weighted by Crippen LogP contribution is 2.32. The van der Waals surface area contributed by atoms with Gasteiger partial charge < -0.3 is 10.1 Å². The molecular formula is C23H24FNO4. The maximum Gasteiger partial charge on any atom is 0.338 e. The Morgan fingerprint density at radius 2 is 1.72 bits per heavy atom. The Hall–Kier alpha value is -3.02. The summed E-state index contributed by atoms with van der Waals surface area (Å²) in [4.78, 5) is 35.4. The van der Waals surface area contributed by atoms with E-state index in [1.807, 2.05) is 12.1 Å². The molecule has 0 heterocycles. The van der Waals surface area contributed by atoms with Crippen molar-refractivity contribution in [2.45, 2.75) is 44.9 Å². The number of carbonyl (C=O) groups is 3. The van der Waals surface area contributed by atoms with E-state index in [-0.39, 0.29) is 17.2 Å². The number of rotatable bonds is 6. The highest BCUT2D eigenvalue weighted by molar-refractivity contribution is 6.00. The molecule has 0 unspecified atom stereocenters. The molecule has 0 radical (unpaired) electrons. The van der Waals surface area contributed by atoms with Crippen LogP contribution in [0.25, 0.3) is 0 Å². The second kappa shape index (κ2) is 9.45. The number of anilines is 1. The molecule has 0 spiro atoms. The van der Waals surface area contributed by atoms with E-state index in [1.54, 1.807) is 12.1 Å². The zero-order chi connectivity index (χ0) is 20.8. The number of hydrogen-bond donors (Lipinski definition) is 1. The van der Waals surface area contributed by atoms with Gasteiger partial charge in [0.15, 0.2) is 6.61 Å². The van der Waals surface area contributed by atoms with Crippen molar-refractivity contribution in [2.75, 3.05) is 11.9 Å². The van der Waals surface area contributed by atoms with E-state index in [0.29, 0.717) is 11.5 Å². The average molecular weight is 397 g/mol. The highest BCUT2D eigenvalue weighted by Gasteiger charge is 2.18. The maximum absolute atomic E-state index is 14.1. The summed E-state index contributed by atoms with van der Waals surface area (Å²) >= 11 is 0. The minimum atomic E-state index is -0.783. The lowest BCUT2D eigenvalue weighted by molar-refractivity contribution is -0.114. The summed E-state index contributed by atoms with van der Waals surface area (Å²) in [5.74, 6) is -1.85. The van der Waals surface area contributed by atoms with Crippen LogP contribution >= 0.6 is 0 Å². The van der Waals surface area contributed by atoms with Crippen LogP contribution in [0.3, 0.4) is 0 Å². The first-order chi connectivity index (χ1) is 13.9. The predicted molar refractivity (Wildman–Crippen MR) is 108 cm³/mol. The lowest BCUT2D eigenvalue weighted by atomic mass is 9.84. The van der Waals surface area contributed by atoms with E-state index < -0.39 is 24.2 Å². The minimum absolute atomic E-state index is 0.195. The number of amides is 1. The normalized spacial score (nSPS) is 14.3. The number of Topliss-reactive ketones (excluding diaryl/α,β-unsaturated/α-hetero) is 1. The van der Waals surface area contributed by atoms with Crippen LogP contribution in [0.2, 0.25) is 0 Å². The summed E-state index contributed by atoms with van der Waals surface area (Å²) in [5.41, 5.74) is 1.64. The van der Waals surface area contributed by atoms with Crippen LogP contribution in [0, 0.1) is 5.82 Å². The smallest absolute Gasteiger partial charge is 0.338 e. The van der Waals surface area contributed by atoms with E-state index in [4.69, 9.17) is 4.74 Å². The van der Waals surface area contributed by atoms with Gasteiger partial charge in [-0.05, 0) is 54.7 Å². The molecule has 29 heavy (non-hydrogen) atoms. The van der Waals surface area contributed by atoms with Crippen LogP contribution in [0.4, 0.5) is 10.1 Å². The molecule has 0 saturated heterocycles. The molecule has 1 amide bonds. The lowest BCUT2D eigenvalue weighted by Gasteiger charge is -2.21. The summed E-state index contributed by atoms with van der Waals surface area (Å²) in [6.07, 6.45) is 6.10. The molecule has 1 N–H and O–H groups in total. The van der Waals surface area contributed by atoms with E-state index >= 15 is 0 Å². The molecule has 0 bridgehead atoms. The third kappa shape index (κ3) is 5.50. The highest BCUT2D eigenvalue weighted by atomic mass is 19.1. The molecule has 0 aromatic heterocycles. The summed E-state index contributed by atoms with van der Waals surface area (Å²) in [5, 5.41) is 2.44. The van der Waals surface area contributed by atoms with Gasteiger partial charge in [0, 0.05) is 12.6 Å². The van der Waals surface area contributed by atoms with Crippen molar-refractivity contribution < 1.29 is 23.5 Å². The zero-order valence-corrected chi connectivity index (χ0v) is 16.4. The van der Waals surface area contributed by atoms with Crippen molar-refractivity contribution in [3.63, 3.8) is 0 Å². The fourth-order valence-electron chi connectivity index (χ4n) is 3.64. The van der Waals surface area contributed by atoms with Crippen molar-refractivity contribution >= 4 is 23.3 Å². The number of hydrogen-bond acceptors (Lipinski definition) is 4. The van der Waals surface area contributed by atoms with Crippen LogP contribution in [-0.2, 0) is 9.53 Å². The fourth-order valence-corrected chi connectivity index (χ4v) is 3.64. The Kier molecular flexibility index (Phi) is 6.75. The minimum Gasteiger partial charge on any atom is -0.454 e. The van der Waals surface area contributed by atoms with E-state index in [1.165, 1.54) is 56.7 Å². The number of ketones is 1. The molecule has 0 atom stereocenters. The van der Waals surface area contributed by atoms with Crippen molar-refractivity contribution in [3.05, 3.63) is 65.0 Å². The van der Waals surface area contributed by atoms with E-state index in [2.05, 4.69) is 5.32 Å². The van der Waals surface area contributed by atoms with Gasteiger partial charge in [-0.1, -0.05) is 31.4 Å². The van der Waals surface area contributed by atoms with Gasteiger partial charge in [0.25, 0.3) is 0 Å². The Morgan fingerprint density at radius 3 is 2.34 bits per heavy atom. The monoisotopic (exact) mass is 397 g/mol. The summed E-state index contributed by atoms with van der Waals surface area (Å²) in [7, 11) is 0. The number of halogens is 1. The number of benzene rings is 2. The average Bonchev–Trinajstić information content (AvgIpc) is 2.72. The molecule has 1 fully saturated rings. The summed E-state index contributed by atoms with van der Waals surface area (Å²) in [6, 6.07) is 11.0. The third-order valence-electron chi connectivity index (χ3n) is 5.15. The first kappa shape index (κ1) is 20.7. The Labute approximate surface area is 169 Å². The summed E-state index contributed by atoms with van der Waals surface area (Å²) in [6.45, 7) is 0.748. The van der Waals surface area contributed by atoms with E-state index in [9.17, 15) is 18.8 Å².